The van der Waals surface area contributed by atoms with E-state index in [1.54, 1.807) is 18.2 Å². The Labute approximate surface area is 129 Å². The molecule has 0 radical (unpaired) electrons. The third-order valence-electron chi connectivity index (χ3n) is 3.41. The van der Waals surface area contributed by atoms with E-state index in [0.29, 0.717) is 43.6 Å². The van der Waals surface area contributed by atoms with Gasteiger partial charge in [0.15, 0.2) is 11.5 Å². The molecule has 7 heteroatoms. The van der Waals surface area contributed by atoms with Gasteiger partial charge in [0.25, 0.3) is 0 Å². The van der Waals surface area contributed by atoms with Gasteiger partial charge in [-0.15, -0.1) is 12.4 Å². The molecule has 6 nitrogen and oxygen atoms in total. The Morgan fingerprint density at radius 3 is 2.76 bits per heavy atom. The second-order valence-electron chi connectivity index (χ2n) is 4.86. The van der Waals surface area contributed by atoms with E-state index in [-0.39, 0.29) is 30.5 Å². The summed E-state index contributed by atoms with van der Waals surface area (Å²) >= 11 is 0. The number of anilines is 1. The largest absolute Gasteiger partial charge is 0.486 e. The highest BCUT2D eigenvalue weighted by Gasteiger charge is 2.28. The average Bonchev–Trinajstić information content (AvgIpc) is 2.47. The number of carbonyl (C=O) groups excluding carboxylic acids is 1. The molecule has 2 aliphatic rings. The molecule has 21 heavy (non-hydrogen) atoms. The third kappa shape index (κ3) is 3.58. The van der Waals surface area contributed by atoms with Crippen LogP contribution in [0.4, 0.5) is 5.69 Å². The fourth-order valence-electron chi connectivity index (χ4n) is 2.37. The van der Waals surface area contributed by atoms with Crippen molar-refractivity contribution in [1.82, 2.24) is 5.32 Å². The molecule has 0 aromatic heterocycles. The van der Waals surface area contributed by atoms with Gasteiger partial charge in [-0.1, -0.05) is 0 Å². The van der Waals surface area contributed by atoms with Crippen LogP contribution in [0, 0.1) is 0 Å². The van der Waals surface area contributed by atoms with Crippen molar-refractivity contribution in [3.63, 3.8) is 0 Å². The van der Waals surface area contributed by atoms with Crippen molar-refractivity contribution < 1.29 is 19.0 Å². The summed E-state index contributed by atoms with van der Waals surface area (Å²) in [6.07, 6.45) is -0.138. The van der Waals surface area contributed by atoms with Crippen LogP contribution in [-0.4, -0.2) is 44.4 Å². The van der Waals surface area contributed by atoms with Crippen molar-refractivity contribution in [3.8, 4) is 11.5 Å². The molecule has 3 rings (SSSR count). The number of rotatable bonds is 2. The molecular formula is C14H19ClN2O4. The van der Waals surface area contributed by atoms with Gasteiger partial charge >= 0.3 is 0 Å². The smallest absolute Gasteiger partial charge is 0.244 e. The molecule has 1 aromatic carbocycles. The molecule has 0 aliphatic carbocycles. The molecular weight excluding hydrogens is 296 g/mol. The Bertz CT molecular complexity index is 512. The minimum atomic E-state index is -0.336. The van der Waals surface area contributed by atoms with Crippen LogP contribution in [0.2, 0.25) is 0 Å². The number of ether oxygens (including phenoxy) is 3. The zero-order valence-corrected chi connectivity index (χ0v) is 12.6. The molecule has 2 atom stereocenters. The summed E-state index contributed by atoms with van der Waals surface area (Å²) in [5, 5.41) is 6.03. The monoisotopic (exact) mass is 314 g/mol. The number of amides is 1. The SMILES string of the molecule is C[C@H]1OCCN[C@@H]1C(=O)Nc1ccc2c(c1)OCCO2.Cl. The lowest BCUT2D eigenvalue weighted by Gasteiger charge is -2.29. The second-order valence-corrected chi connectivity index (χ2v) is 4.86. The number of nitrogens with one attached hydrogen (secondary N) is 2. The van der Waals surface area contributed by atoms with Crippen LogP contribution in [-0.2, 0) is 9.53 Å². The maximum Gasteiger partial charge on any atom is 0.244 e. The predicted octanol–water partition coefficient (Wildman–Crippen LogP) is 1.19. The van der Waals surface area contributed by atoms with Crippen molar-refractivity contribution >= 4 is 24.0 Å². The van der Waals surface area contributed by atoms with Gasteiger partial charge in [-0.2, -0.15) is 0 Å². The van der Waals surface area contributed by atoms with Crippen molar-refractivity contribution in [2.45, 2.75) is 19.1 Å². The van der Waals surface area contributed by atoms with E-state index < -0.39 is 0 Å². The lowest BCUT2D eigenvalue weighted by molar-refractivity contribution is -0.123. The average molecular weight is 315 g/mol. The van der Waals surface area contributed by atoms with E-state index in [9.17, 15) is 4.79 Å². The van der Waals surface area contributed by atoms with E-state index in [2.05, 4.69) is 10.6 Å². The maximum atomic E-state index is 12.2. The molecule has 1 saturated heterocycles. The lowest BCUT2D eigenvalue weighted by Crippen LogP contribution is -2.53. The molecule has 0 unspecified atom stereocenters. The van der Waals surface area contributed by atoms with Crippen molar-refractivity contribution in [1.29, 1.82) is 0 Å². The molecule has 2 aliphatic heterocycles. The van der Waals surface area contributed by atoms with Crippen molar-refractivity contribution in [3.05, 3.63) is 18.2 Å². The number of fused-ring (bicyclic) bond motifs is 1. The van der Waals surface area contributed by atoms with Gasteiger partial charge in [0, 0.05) is 18.3 Å². The summed E-state index contributed by atoms with van der Waals surface area (Å²) in [4.78, 5) is 12.2. The van der Waals surface area contributed by atoms with Crippen molar-refractivity contribution in [2.24, 2.45) is 0 Å². The topological polar surface area (TPSA) is 68.8 Å². The Balaban J connectivity index is 0.00000161. The zero-order chi connectivity index (χ0) is 13.9. The Hall–Kier alpha value is -1.50. The van der Waals surface area contributed by atoms with Crippen LogP contribution >= 0.6 is 12.4 Å². The molecule has 0 spiro atoms. The molecule has 2 N–H and O–H groups in total. The molecule has 0 bridgehead atoms. The van der Waals surface area contributed by atoms with Crippen LogP contribution in [0.25, 0.3) is 0 Å². The highest BCUT2D eigenvalue weighted by Crippen LogP contribution is 2.32. The van der Waals surface area contributed by atoms with Crippen molar-refractivity contribution in [2.75, 3.05) is 31.7 Å². The first-order valence-electron chi connectivity index (χ1n) is 6.79. The molecule has 2 heterocycles. The maximum absolute atomic E-state index is 12.2. The molecule has 1 amide bonds. The number of benzene rings is 1. The predicted molar refractivity (Wildman–Crippen MR) is 80.5 cm³/mol. The van der Waals surface area contributed by atoms with E-state index in [1.807, 2.05) is 6.92 Å². The summed E-state index contributed by atoms with van der Waals surface area (Å²) in [7, 11) is 0. The third-order valence-corrected chi connectivity index (χ3v) is 3.41. The van der Waals surface area contributed by atoms with Crippen LogP contribution in [0.15, 0.2) is 18.2 Å². The van der Waals surface area contributed by atoms with Crippen LogP contribution in [0.3, 0.4) is 0 Å². The summed E-state index contributed by atoms with van der Waals surface area (Å²) < 4.78 is 16.4. The fraction of sp³-hybridized carbons (Fsp3) is 0.500. The summed E-state index contributed by atoms with van der Waals surface area (Å²) in [6.45, 7) is 4.29. The minimum Gasteiger partial charge on any atom is -0.486 e. The quantitative estimate of drug-likeness (QED) is 0.858. The molecule has 1 aromatic rings. The van der Waals surface area contributed by atoms with E-state index in [4.69, 9.17) is 14.2 Å². The van der Waals surface area contributed by atoms with Crippen LogP contribution < -0.4 is 20.1 Å². The normalized spacial score (nSPS) is 23.9. The van der Waals surface area contributed by atoms with E-state index in [1.165, 1.54) is 0 Å². The first-order chi connectivity index (χ1) is 9.74. The van der Waals surface area contributed by atoms with Gasteiger partial charge in [-0.05, 0) is 19.1 Å². The number of morpholine rings is 1. The Kier molecular flexibility index (Phi) is 5.27. The number of halogens is 1. The van der Waals surface area contributed by atoms with Gasteiger partial charge < -0.3 is 24.8 Å². The molecule has 1 fully saturated rings. The minimum absolute atomic E-state index is 0. The lowest BCUT2D eigenvalue weighted by atomic mass is 10.1. The van der Waals surface area contributed by atoms with Gasteiger partial charge in [-0.3, -0.25) is 4.79 Å². The van der Waals surface area contributed by atoms with Gasteiger partial charge in [0.2, 0.25) is 5.91 Å². The Morgan fingerprint density at radius 2 is 2.00 bits per heavy atom. The highest BCUT2D eigenvalue weighted by molar-refractivity contribution is 5.95. The van der Waals surface area contributed by atoms with Gasteiger partial charge in [0.05, 0.1) is 12.7 Å². The Morgan fingerprint density at radius 1 is 1.24 bits per heavy atom. The van der Waals surface area contributed by atoms with E-state index in [0.717, 1.165) is 0 Å². The summed E-state index contributed by atoms with van der Waals surface area (Å²) in [5.74, 6) is 1.27. The van der Waals surface area contributed by atoms with E-state index >= 15 is 0 Å². The second kappa shape index (κ2) is 6.98. The zero-order valence-electron chi connectivity index (χ0n) is 11.8. The first-order valence-corrected chi connectivity index (χ1v) is 6.79. The van der Waals surface area contributed by atoms with Crippen LogP contribution in [0.1, 0.15) is 6.92 Å². The molecule has 0 saturated carbocycles. The van der Waals surface area contributed by atoms with Crippen LogP contribution in [0.5, 0.6) is 11.5 Å². The van der Waals surface area contributed by atoms with Gasteiger partial charge in [0.1, 0.15) is 19.3 Å². The number of hydrogen-bond donors (Lipinski definition) is 2. The van der Waals surface area contributed by atoms with Gasteiger partial charge in [-0.25, -0.2) is 0 Å². The molecule has 116 valence electrons. The first kappa shape index (κ1) is 15.9. The standard InChI is InChI=1S/C14H18N2O4.ClH/c1-9-13(15-4-5-18-9)14(17)16-10-2-3-11-12(8-10)20-7-6-19-11;/h2-3,8-9,13,15H,4-7H2,1H3,(H,16,17);1H/t9-,13+;/m1./s1. The fourth-order valence-corrected chi connectivity index (χ4v) is 2.37. The summed E-state index contributed by atoms with van der Waals surface area (Å²) in [5.41, 5.74) is 0.693. The highest BCUT2D eigenvalue weighted by atomic mass is 35.5. The summed E-state index contributed by atoms with van der Waals surface area (Å²) in [6, 6.07) is 5.05. The number of hydrogen-bond acceptors (Lipinski definition) is 5. The number of carbonyl (C=O) groups is 1.